The van der Waals surface area contributed by atoms with Crippen molar-refractivity contribution in [1.29, 1.82) is 0 Å². The first-order chi connectivity index (χ1) is 11.3. The van der Waals surface area contributed by atoms with Crippen LogP contribution >= 0.6 is 15.9 Å². The lowest BCUT2D eigenvalue weighted by Crippen LogP contribution is -2.06. The van der Waals surface area contributed by atoms with Crippen molar-refractivity contribution < 1.29 is 0 Å². The average Bonchev–Trinajstić information content (AvgIpc) is 2.60. The molecule has 0 bridgehead atoms. The summed E-state index contributed by atoms with van der Waals surface area (Å²) in [5.41, 5.74) is 6.23. The fraction of sp³-hybridized carbons (Fsp3) is 0.0952. The van der Waals surface area contributed by atoms with Crippen LogP contribution in [0.15, 0.2) is 65.1 Å². The minimum Gasteiger partial charge on any atom is -0.247 e. The second-order valence-corrected chi connectivity index (χ2v) is 6.98. The van der Waals surface area contributed by atoms with Gasteiger partial charge in [-0.15, -0.1) is 0 Å². The fourth-order valence-electron chi connectivity index (χ4n) is 3.69. The van der Waals surface area contributed by atoms with Crippen LogP contribution in [0.1, 0.15) is 11.1 Å². The van der Waals surface area contributed by atoms with E-state index in [1.165, 1.54) is 32.8 Å². The molecule has 0 N–H and O–H groups in total. The largest absolute Gasteiger partial charge is 0.247 e. The van der Waals surface area contributed by atoms with E-state index in [1.807, 2.05) is 0 Å². The maximum absolute atomic E-state index is 5.04. The van der Waals surface area contributed by atoms with Crippen molar-refractivity contribution in [2.45, 2.75) is 12.8 Å². The minimum atomic E-state index is 1.06. The number of aryl methyl sites for hydroxylation is 2. The Morgan fingerprint density at radius 1 is 0.783 bits per heavy atom. The van der Waals surface area contributed by atoms with Crippen molar-refractivity contribution in [1.82, 2.24) is 4.98 Å². The highest BCUT2D eigenvalue weighted by Gasteiger charge is 2.20. The van der Waals surface area contributed by atoms with Crippen molar-refractivity contribution in [3.63, 3.8) is 0 Å². The Morgan fingerprint density at radius 3 is 2.61 bits per heavy atom. The van der Waals surface area contributed by atoms with Crippen molar-refractivity contribution in [2.75, 3.05) is 0 Å². The van der Waals surface area contributed by atoms with Gasteiger partial charge < -0.3 is 0 Å². The van der Waals surface area contributed by atoms with E-state index < -0.39 is 0 Å². The number of aromatic nitrogens is 1. The van der Waals surface area contributed by atoms with E-state index >= 15 is 0 Å². The highest BCUT2D eigenvalue weighted by molar-refractivity contribution is 9.10. The molecule has 23 heavy (non-hydrogen) atoms. The summed E-state index contributed by atoms with van der Waals surface area (Å²) in [5.74, 6) is 0. The maximum atomic E-state index is 5.04. The summed E-state index contributed by atoms with van der Waals surface area (Å²) in [6, 6.07) is 21.7. The van der Waals surface area contributed by atoms with Gasteiger partial charge in [0.05, 0.1) is 11.2 Å². The Kier molecular flexibility index (Phi) is 2.83. The van der Waals surface area contributed by atoms with Crippen LogP contribution in [-0.4, -0.2) is 4.98 Å². The number of halogens is 1. The molecule has 3 aromatic carbocycles. The van der Waals surface area contributed by atoms with E-state index in [4.69, 9.17) is 4.98 Å². The highest BCUT2D eigenvalue weighted by atomic mass is 79.9. The lowest BCUT2D eigenvalue weighted by Gasteiger charge is -2.21. The predicted molar refractivity (Wildman–Crippen MR) is 99.8 cm³/mol. The van der Waals surface area contributed by atoms with Crippen LogP contribution in [0.2, 0.25) is 0 Å². The standard InChI is InChI=1S/C21H14BrN/c22-18-7-3-5-14-8-9-15-12-17-16-6-2-1-4-13(16)10-11-19(17)23-21(15)20(14)18/h1-7,10-12H,8-9H2. The molecule has 2 heteroatoms. The number of fused-ring (bicyclic) bond motifs is 6. The van der Waals surface area contributed by atoms with Crippen LogP contribution in [0.25, 0.3) is 32.9 Å². The number of hydrogen-bond acceptors (Lipinski definition) is 1. The summed E-state index contributed by atoms with van der Waals surface area (Å²) < 4.78 is 1.14. The number of pyridine rings is 1. The summed E-state index contributed by atoms with van der Waals surface area (Å²) in [6.07, 6.45) is 2.14. The first-order valence-corrected chi connectivity index (χ1v) is 8.70. The maximum Gasteiger partial charge on any atom is 0.0755 e. The zero-order valence-electron chi connectivity index (χ0n) is 12.5. The predicted octanol–water partition coefficient (Wildman–Crippen LogP) is 5.92. The van der Waals surface area contributed by atoms with Gasteiger partial charge in [-0.3, -0.25) is 0 Å². The van der Waals surface area contributed by atoms with Crippen LogP contribution in [0.5, 0.6) is 0 Å². The van der Waals surface area contributed by atoms with Crippen molar-refractivity contribution >= 4 is 37.6 Å². The molecule has 0 saturated carbocycles. The fourth-order valence-corrected chi connectivity index (χ4v) is 4.28. The number of rotatable bonds is 0. The normalized spacial score (nSPS) is 13.1. The Bertz CT molecular complexity index is 1080. The molecule has 5 rings (SSSR count). The number of nitrogens with zero attached hydrogens (tertiary/aromatic N) is 1. The minimum absolute atomic E-state index is 1.06. The Balaban J connectivity index is 1.89. The molecule has 0 saturated heterocycles. The summed E-state index contributed by atoms with van der Waals surface area (Å²) in [5, 5.41) is 3.83. The molecule has 1 aliphatic rings. The first-order valence-electron chi connectivity index (χ1n) is 7.90. The monoisotopic (exact) mass is 359 g/mol. The van der Waals surface area contributed by atoms with Gasteiger partial charge in [-0.05, 0) is 52.9 Å². The molecule has 0 fully saturated rings. The molecular weight excluding hydrogens is 346 g/mol. The second-order valence-electron chi connectivity index (χ2n) is 6.12. The molecule has 1 heterocycles. The Morgan fingerprint density at radius 2 is 1.65 bits per heavy atom. The summed E-state index contributed by atoms with van der Waals surface area (Å²) in [7, 11) is 0. The smallest absolute Gasteiger partial charge is 0.0755 e. The summed E-state index contributed by atoms with van der Waals surface area (Å²) >= 11 is 3.72. The molecule has 0 spiro atoms. The molecule has 0 radical (unpaired) electrons. The van der Waals surface area contributed by atoms with Crippen LogP contribution < -0.4 is 0 Å². The quantitative estimate of drug-likeness (QED) is 0.355. The lowest BCUT2D eigenvalue weighted by atomic mass is 9.88. The molecule has 4 aromatic rings. The first kappa shape index (κ1) is 13.3. The molecule has 0 aliphatic heterocycles. The van der Waals surface area contributed by atoms with Crippen molar-refractivity contribution in [3.8, 4) is 11.3 Å². The zero-order valence-corrected chi connectivity index (χ0v) is 14.1. The van der Waals surface area contributed by atoms with Crippen molar-refractivity contribution in [3.05, 3.63) is 76.3 Å². The van der Waals surface area contributed by atoms with Crippen LogP contribution in [0.3, 0.4) is 0 Å². The van der Waals surface area contributed by atoms with E-state index in [2.05, 4.69) is 76.6 Å². The molecular formula is C21H14BrN. The van der Waals surface area contributed by atoms with Gasteiger partial charge in [-0.1, -0.05) is 58.4 Å². The summed E-state index contributed by atoms with van der Waals surface area (Å²) in [4.78, 5) is 5.04. The molecule has 0 amide bonds. The molecule has 1 aliphatic carbocycles. The van der Waals surface area contributed by atoms with E-state index in [1.54, 1.807) is 0 Å². The van der Waals surface area contributed by atoms with Gasteiger partial charge >= 0.3 is 0 Å². The zero-order chi connectivity index (χ0) is 15.4. The van der Waals surface area contributed by atoms with Gasteiger partial charge in [-0.25, -0.2) is 4.98 Å². The van der Waals surface area contributed by atoms with Crippen LogP contribution in [0, 0.1) is 0 Å². The van der Waals surface area contributed by atoms with E-state index in [0.29, 0.717) is 0 Å². The van der Waals surface area contributed by atoms with Gasteiger partial charge in [0.1, 0.15) is 0 Å². The van der Waals surface area contributed by atoms with Gasteiger partial charge in [0.25, 0.3) is 0 Å². The third-order valence-electron chi connectivity index (χ3n) is 4.80. The van der Waals surface area contributed by atoms with E-state index in [9.17, 15) is 0 Å². The average molecular weight is 360 g/mol. The number of hydrogen-bond donors (Lipinski definition) is 0. The lowest BCUT2D eigenvalue weighted by molar-refractivity contribution is 0.931. The molecule has 0 unspecified atom stereocenters. The third-order valence-corrected chi connectivity index (χ3v) is 5.46. The molecule has 110 valence electrons. The van der Waals surface area contributed by atoms with Gasteiger partial charge in [0.2, 0.25) is 0 Å². The third kappa shape index (κ3) is 1.95. The topological polar surface area (TPSA) is 12.9 Å². The number of benzene rings is 3. The SMILES string of the molecule is Brc1cccc2c1-c1nc3ccc4ccccc4c3cc1CC2. The van der Waals surface area contributed by atoms with Gasteiger partial charge in [-0.2, -0.15) is 0 Å². The molecule has 1 nitrogen and oxygen atoms in total. The van der Waals surface area contributed by atoms with Gasteiger partial charge in [0.15, 0.2) is 0 Å². The second kappa shape index (κ2) is 4.90. The summed E-state index contributed by atoms with van der Waals surface area (Å²) in [6.45, 7) is 0. The van der Waals surface area contributed by atoms with E-state index in [0.717, 1.165) is 28.5 Å². The molecule has 1 aromatic heterocycles. The van der Waals surface area contributed by atoms with Gasteiger partial charge in [0, 0.05) is 15.4 Å². The van der Waals surface area contributed by atoms with E-state index in [-0.39, 0.29) is 0 Å². The van der Waals surface area contributed by atoms with Crippen molar-refractivity contribution in [2.24, 2.45) is 0 Å². The Labute approximate surface area is 143 Å². The molecule has 0 atom stereocenters. The Hall–Kier alpha value is -2.19. The van der Waals surface area contributed by atoms with Crippen LogP contribution in [-0.2, 0) is 12.8 Å². The highest BCUT2D eigenvalue weighted by Crippen LogP contribution is 2.39. The van der Waals surface area contributed by atoms with Crippen LogP contribution in [0.4, 0.5) is 0 Å².